The van der Waals surface area contributed by atoms with E-state index in [0.717, 1.165) is 5.56 Å². The first-order valence-electron chi connectivity index (χ1n) is 3.92. The summed E-state index contributed by atoms with van der Waals surface area (Å²) in [5.41, 5.74) is 0.819. The van der Waals surface area contributed by atoms with Gasteiger partial charge in [0.1, 0.15) is 0 Å². The molecular formula is C9H11Cl2NO. The quantitative estimate of drug-likeness (QED) is 0.818. The second-order valence-corrected chi connectivity index (χ2v) is 3.45. The Morgan fingerprint density at radius 2 is 2.15 bits per heavy atom. The van der Waals surface area contributed by atoms with Crippen molar-refractivity contribution in [1.82, 2.24) is 5.32 Å². The highest BCUT2D eigenvalue weighted by Gasteiger charge is 2.12. The zero-order chi connectivity index (χ0) is 9.84. The monoisotopic (exact) mass is 219 g/mol. The number of aliphatic hydroxyl groups is 1. The smallest absolute Gasteiger partial charge is 0.0640 e. The van der Waals surface area contributed by atoms with Crippen LogP contribution in [0.4, 0.5) is 0 Å². The molecule has 1 aromatic rings. The summed E-state index contributed by atoms with van der Waals surface area (Å²) in [6.07, 6.45) is 0. The summed E-state index contributed by atoms with van der Waals surface area (Å²) in [6, 6.07) is 5.21. The highest BCUT2D eigenvalue weighted by molar-refractivity contribution is 6.42. The fraction of sp³-hybridized carbons (Fsp3) is 0.333. The van der Waals surface area contributed by atoms with E-state index in [2.05, 4.69) is 5.32 Å². The molecule has 2 nitrogen and oxygen atoms in total. The first kappa shape index (κ1) is 10.8. The van der Waals surface area contributed by atoms with Gasteiger partial charge in [0.25, 0.3) is 0 Å². The maximum absolute atomic E-state index is 9.03. The average Bonchev–Trinajstić information content (AvgIpc) is 2.14. The van der Waals surface area contributed by atoms with Gasteiger partial charge in [-0.2, -0.15) is 0 Å². The second kappa shape index (κ2) is 4.82. The molecule has 2 N–H and O–H groups in total. The van der Waals surface area contributed by atoms with Gasteiger partial charge in [-0.05, 0) is 18.7 Å². The standard InChI is InChI=1S/C9H11Cl2NO/c1-12-8(5-13)6-3-2-4-7(10)9(6)11/h2-4,8,12-13H,5H2,1H3/t8-/m1/s1. The van der Waals surface area contributed by atoms with Crippen LogP contribution in [0.25, 0.3) is 0 Å². The minimum atomic E-state index is -0.161. The van der Waals surface area contributed by atoms with Crippen LogP contribution in [0.3, 0.4) is 0 Å². The molecule has 72 valence electrons. The fourth-order valence-electron chi connectivity index (χ4n) is 1.13. The molecule has 0 spiro atoms. The molecule has 0 aromatic heterocycles. The number of aliphatic hydroxyl groups excluding tert-OH is 1. The molecule has 1 aromatic carbocycles. The molecule has 0 radical (unpaired) electrons. The molecule has 0 amide bonds. The van der Waals surface area contributed by atoms with Crippen molar-refractivity contribution in [3.63, 3.8) is 0 Å². The van der Waals surface area contributed by atoms with Crippen molar-refractivity contribution in [2.24, 2.45) is 0 Å². The van der Waals surface area contributed by atoms with Crippen molar-refractivity contribution < 1.29 is 5.11 Å². The molecule has 1 atom stereocenters. The van der Waals surface area contributed by atoms with Crippen molar-refractivity contribution >= 4 is 23.2 Å². The Morgan fingerprint density at radius 1 is 1.46 bits per heavy atom. The van der Waals surface area contributed by atoms with Gasteiger partial charge >= 0.3 is 0 Å². The lowest BCUT2D eigenvalue weighted by molar-refractivity contribution is 0.251. The second-order valence-electron chi connectivity index (χ2n) is 2.67. The number of hydrogen-bond donors (Lipinski definition) is 2. The van der Waals surface area contributed by atoms with Crippen LogP contribution in [0.5, 0.6) is 0 Å². The maximum Gasteiger partial charge on any atom is 0.0640 e. The van der Waals surface area contributed by atoms with Crippen LogP contribution in [-0.2, 0) is 0 Å². The first-order valence-corrected chi connectivity index (χ1v) is 4.68. The zero-order valence-electron chi connectivity index (χ0n) is 7.22. The Hall–Kier alpha value is -0.280. The molecule has 4 heteroatoms. The van der Waals surface area contributed by atoms with E-state index in [1.165, 1.54) is 0 Å². The van der Waals surface area contributed by atoms with E-state index < -0.39 is 0 Å². The third-order valence-electron chi connectivity index (χ3n) is 1.89. The van der Waals surface area contributed by atoms with Gasteiger partial charge in [0.15, 0.2) is 0 Å². The molecular weight excluding hydrogens is 209 g/mol. The normalized spacial score (nSPS) is 12.9. The third kappa shape index (κ3) is 2.35. The summed E-state index contributed by atoms with van der Waals surface area (Å²) in [5, 5.41) is 13.0. The fourth-order valence-corrected chi connectivity index (χ4v) is 1.57. The molecule has 1 rings (SSSR count). The third-order valence-corrected chi connectivity index (χ3v) is 2.72. The van der Waals surface area contributed by atoms with Crippen LogP contribution in [0.15, 0.2) is 18.2 Å². The molecule has 0 saturated carbocycles. The van der Waals surface area contributed by atoms with Gasteiger partial charge in [0.2, 0.25) is 0 Å². The Labute approximate surface area is 87.5 Å². The van der Waals surface area contributed by atoms with Gasteiger partial charge in [-0.15, -0.1) is 0 Å². The number of nitrogens with one attached hydrogen (secondary N) is 1. The zero-order valence-corrected chi connectivity index (χ0v) is 8.73. The lowest BCUT2D eigenvalue weighted by atomic mass is 10.1. The average molecular weight is 220 g/mol. The summed E-state index contributed by atoms with van der Waals surface area (Å²) in [6.45, 7) is -0.00341. The Morgan fingerprint density at radius 3 is 2.69 bits per heavy atom. The number of benzene rings is 1. The van der Waals surface area contributed by atoms with Gasteiger partial charge in [0, 0.05) is 0 Å². The Balaban J connectivity index is 3.05. The molecule has 0 aliphatic heterocycles. The highest BCUT2D eigenvalue weighted by atomic mass is 35.5. The van der Waals surface area contributed by atoms with E-state index in [1.54, 1.807) is 13.1 Å². The molecule has 0 fully saturated rings. The topological polar surface area (TPSA) is 32.3 Å². The summed E-state index contributed by atoms with van der Waals surface area (Å²) in [7, 11) is 1.76. The molecule has 0 saturated heterocycles. The number of hydrogen-bond acceptors (Lipinski definition) is 2. The summed E-state index contributed by atoms with van der Waals surface area (Å²) < 4.78 is 0. The van der Waals surface area contributed by atoms with E-state index >= 15 is 0 Å². The predicted octanol–water partition coefficient (Wildman–Crippen LogP) is 2.25. The minimum absolute atomic E-state index is 0.00341. The van der Waals surface area contributed by atoms with Gasteiger partial charge in [0.05, 0.1) is 22.7 Å². The molecule has 0 aliphatic carbocycles. The Kier molecular flexibility index (Phi) is 4.00. The van der Waals surface area contributed by atoms with Crippen LogP contribution in [0.2, 0.25) is 10.0 Å². The maximum atomic E-state index is 9.03. The molecule has 13 heavy (non-hydrogen) atoms. The molecule has 0 unspecified atom stereocenters. The van der Waals surface area contributed by atoms with Gasteiger partial charge in [-0.1, -0.05) is 35.3 Å². The number of likely N-dealkylation sites (N-methyl/N-ethyl adjacent to an activating group) is 1. The van der Waals surface area contributed by atoms with Gasteiger partial charge in [-0.3, -0.25) is 0 Å². The Bertz CT molecular complexity index is 287. The van der Waals surface area contributed by atoms with Crippen molar-refractivity contribution in [3.8, 4) is 0 Å². The van der Waals surface area contributed by atoms with E-state index in [1.807, 2.05) is 12.1 Å². The van der Waals surface area contributed by atoms with Crippen LogP contribution in [0.1, 0.15) is 11.6 Å². The summed E-state index contributed by atoms with van der Waals surface area (Å²) >= 11 is 11.8. The minimum Gasteiger partial charge on any atom is -0.394 e. The van der Waals surface area contributed by atoms with Crippen LogP contribution >= 0.6 is 23.2 Å². The lowest BCUT2D eigenvalue weighted by Crippen LogP contribution is -2.20. The van der Waals surface area contributed by atoms with Crippen LogP contribution in [-0.4, -0.2) is 18.8 Å². The van der Waals surface area contributed by atoms with Crippen molar-refractivity contribution in [2.75, 3.05) is 13.7 Å². The van der Waals surface area contributed by atoms with Crippen molar-refractivity contribution in [1.29, 1.82) is 0 Å². The lowest BCUT2D eigenvalue weighted by Gasteiger charge is -2.15. The summed E-state index contributed by atoms with van der Waals surface area (Å²) in [4.78, 5) is 0. The van der Waals surface area contributed by atoms with E-state index in [-0.39, 0.29) is 12.6 Å². The highest BCUT2D eigenvalue weighted by Crippen LogP contribution is 2.29. The molecule has 0 bridgehead atoms. The summed E-state index contributed by atoms with van der Waals surface area (Å²) in [5.74, 6) is 0. The first-order chi connectivity index (χ1) is 6.20. The van der Waals surface area contributed by atoms with Gasteiger partial charge in [-0.25, -0.2) is 0 Å². The molecule has 0 aliphatic rings. The number of rotatable bonds is 3. The van der Waals surface area contributed by atoms with Crippen molar-refractivity contribution in [3.05, 3.63) is 33.8 Å². The van der Waals surface area contributed by atoms with E-state index in [9.17, 15) is 0 Å². The van der Waals surface area contributed by atoms with Crippen LogP contribution in [0, 0.1) is 0 Å². The van der Waals surface area contributed by atoms with Gasteiger partial charge < -0.3 is 10.4 Å². The SMILES string of the molecule is CN[C@H](CO)c1cccc(Cl)c1Cl. The van der Waals surface area contributed by atoms with Crippen LogP contribution < -0.4 is 5.32 Å². The van der Waals surface area contributed by atoms with E-state index in [4.69, 9.17) is 28.3 Å². The van der Waals surface area contributed by atoms with E-state index in [0.29, 0.717) is 10.0 Å². The van der Waals surface area contributed by atoms with Crippen molar-refractivity contribution in [2.45, 2.75) is 6.04 Å². The molecule has 0 heterocycles. The largest absolute Gasteiger partial charge is 0.394 e. The number of halogens is 2. The predicted molar refractivity (Wildman–Crippen MR) is 55.3 cm³/mol.